The summed E-state index contributed by atoms with van der Waals surface area (Å²) in [7, 11) is 0. The maximum absolute atomic E-state index is 14.3. The van der Waals surface area contributed by atoms with Crippen LogP contribution in [0.5, 0.6) is 0 Å². The van der Waals surface area contributed by atoms with Crippen molar-refractivity contribution < 1.29 is 23.8 Å². The molecule has 12 heteroatoms. The van der Waals surface area contributed by atoms with Gasteiger partial charge in [-0.1, -0.05) is 37.3 Å². The second-order valence-electron chi connectivity index (χ2n) is 12.0. The summed E-state index contributed by atoms with van der Waals surface area (Å²) in [4.78, 5) is 47.2. The van der Waals surface area contributed by atoms with E-state index in [4.69, 9.17) is 13.9 Å². The van der Waals surface area contributed by atoms with Crippen LogP contribution in [-0.4, -0.2) is 49.1 Å². The first kappa shape index (κ1) is 32.7. The van der Waals surface area contributed by atoms with Gasteiger partial charge in [0.1, 0.15) is 28.3 Å². The molecule has 0 amide bonds. The number of rotatable bonds is 12. The van der Waals surface area contributed by atoms with Gasteiger partial charge in [-0.25, -0.2) is 19.1 Å². The highest BCUT2D eigenvalue weighted by molar-refractivity contribution is 7.99. The van der Waals surface area contributed by atoms with E-state index in [1.807, 2.05) is 37.3 Å². The van der Waals surface area contributed by atoms with Crippen molar-refractivity contribution in [3.05, 3.63) is 74.8 Å². The number of aryl methyl sites for hydroxylation is 1. The molecule has 43 heavy (non-hydrogen) atoms. The third-order valence-electron chi connectivity index (χ3n) is 6.88. The molecule has 232 valence electrons. The van der Waals surface area contributed by atoms with Crippen LogP contribution in [0.3, 0.4) is 0 Å². The van der Waals surface area contributed by atoms with Gasteiger partial charge in [0.05, 0.1) is 28.9 Å². The lowest BCUT2D eigenvalue weighted by Crippen LogP contribution is -2.54. The molecule has 0 saturated heterocycles. The van der Waals surface area contributed by atoms with Crippen LogP contribution in [-0.2, 0) is 26.4 Å². The molecule has 0 aliphatic heterocycles. The van der Waals surface area contributed by atoms with Gasteiger partial charge in [-0.2, -0.15) is 0 Å². The van der Waals surface area contributed by atoms with E-state index in [-0.39, 0.29) is 19.1 Å². The highest BCUT2D eigenvalue weighted by atomic mass is 32.2. The quantitative estimate of drug-likeness (QED) is 0.126. The van der Waals surface area contributed by atoms with E-state index >= 15 is 0 Å². The molecular weight excluding hydrogens is 590 g/mol. The second-order valence-corrected chi connectivity index (χ2v) is 14.0. The molecule has 0 saturated carbocycles. The van der Waals surface area contributed by atoms with Crippen molar-refractivity contribution in [2.75, 3.05) is 18.3 Å². The van der Waals surface area contributed by atoms with E-state index in [0.717, 1.165) is 10.1 Å². The Bertz CT molecular complexity index is 1670. The Labute approximate surface area is 258 Å². The van der Waals surface area contributed by atoms with E-state index in [1.165, 1.54) is 42.2 Å². The van der Waals surface area contributed by atoms with Crippen LogP contribution in [0.1, 0.15) is 58.8 Å². The Morgan fingerprint density at radius 1 is 1.16 bits per heavy atom. The Hall–Kier alpha value is -3.19. The van der Waals surface area contributed by atoms with Gasteiger partial charge in [-0.3, -0.25) is 9.36 Å². The molecule has 3 aromatic heterocycles. The number of aliphatic hydroxyl groups is 1. The first-order valence-electron chi connectivity index (χ1n) is 14.0. The number of ether oxygens (including phenoxy) is 2. The zero-order valence-electron chi connectivity index (χ0n) is 25.6. The lowest BCUT2D eigenvalue weighted by atomic mass is 10.0. The normalized spacial score (nSPS) is 13.8. The number of carbonyl (C=O) groups excluding carboxylic acids is 1. The van der Waals surface area contributed by atoms with Crippen molar-refractivity contribution in [2.45, 2.75) is 72.3 Å². The summed E-state index contributed by atoms with van der Waals surface area (Å²) in [6.45, 7) is 12.1. The highest BCUT2D eigenvalue weighted by Gasteiger charge is 2.39. The third kappa shape index (κ3) is 7.14. The standard InChI is InChI=1S/C31H39N3O7S2/c1-19(16-35)17-42-18-40-22(21-11-9-8-10-12-21)15-33-27-23(20(2)24(43-27)25-32-13-14-39-25)26(36)34(29(33)38)31(6,7)28(37)41-30(3,4)5/h8-14,19,22,35H,15-18H2,1-7H3. The van der Waals surface area contributed by atoms with E-state index in [9.17, 15) is 19.5 Å². The monoisotopic (exact) mass is 629 g/mol. The molecule has 0 aliphatic carbocycles. The maximum atomic E-state index is 14.3. The topological polar surface area (TPSA) is 126 Å². The summed E-state index contributed by atoms with van der Waals surface area (Å²) in [6, 6.07) is 9.54. The van der Waals surface area contributed by atoms with Gasteiger partial charge in [0.2, 0.25) is 5.89 Å². The van der Waals surface area contributed by atoms with Crippen molar-refractivity contribution in [2.24, 2.45) is 5.92 Å². The van der Waals surface area contributed by atoms with Crippen molar-refractivity contribution in [1.29, 1.82) is 0 Å². The van der Waals surface area contributed by atoms with E-state index in [0.29, 0.717) is 38.2 Å². The first-order valence-corrected chi connectivity index (χ1v) is 16.0. The largest absolute Gasteiger partial charge is 0.458 e. The predicted molar refractivity (Wildman–Crippen MR) is 170 cm³/mol. The van der Waals surface area contributed by atoms with Gasteiger partial charge < -0.3 is 19.0 Å². The van der Waals surface area contributed by atoms with Gasteiger partial charge in [-0.15, -0.1) is 23.1 Å². The van der Waals surface area contributed by atoms with Crippen molar-refractivity contribution in [3.63, 3.8) is 0 Å². The molecule has 2 unspecified atom stereocenters. The zero-order valence-corrected chi connectivity index (χ0v) is 27.2. The van der Waals surface area contributed by atoms with Gasteiger partial charge in [0.15, 0.2) is 0 Å². The van der Waals surface area contributed by atoms with E-state index < -0.39 is 34.5 Å². The summed E-state index contributed by atoms with van der Waals surface area (Å²) in [5.41, 5.74) is -2.24. The molecular formula is C31H39N3O7S2. The number of benzene rings is 1. The number of aromatic nitrogens is 3. The van der Waals surface area contributed by atoms with Gasteiger partial charge in [0.25, 0.3) is 5.56 Å². The van der Waals surface area contributed by atoms with Gasteiger partial charge in [-0.05, 0) is 58.6 Å². The second kappa shape index (κ2) is 13.2. The summed E-state index contributed by atoms with van der Waals surface area (Å²) >= 11 is 2.78. The molecule has 0 fully saturated rings. The van der Waals surface area contributed by atoms with Crippen LogP contribution in [0, 0.1) is 12.8 Å². The van der Waals surface area contributed by atoms with Crippen molar-refractivity contribution >= 4 is 39.3 Å². The van der Waals surface area contributed by atoms with Crippen LogP contribution in [0.25, 0.3) is 21.0 Å². The zero-order chi connectivity index (χ0) is 31.5. The maximum Gasteiger partial charge on any atom is 0.333 e. The van der Waals surface area contributed by atoms with E-state index in [2.05, 4.69) is 4.98 Å². The summed E-state index contributed by atoms with van der Waals surface area (Å²) in [5.74, 6) is 0.792. The molecule has 1 aromatic carbocycles. The Morgan fingerprint density at radius 3 is 2.47 bits per heavy atom. The molecule has 3 heterocycles. The number of thiophene rings is 1. The highest BCUT2D eigenvalue weighted by Crippen LogP contribution is 2.36. The molecule has 0 radical (unpaired) electrons. The molecule has 1 N–H and O–H groups in total. The SMILES string of the molecule is Cc1c(-c2ncco2)sc2c1c(=O)n(C(C)(C)C(=O)OC(C)(C)C)c(=O)n2CC(OCSCC(C)CO)c1ccccc1. The number of nitrogens with zero attached hydrogens (tertiary/aromatic N) is 3. The van der Waals surface area contributed by atoms with Crippen LogP contribution in [0.15, 0.2) is 56.8 Å². The number of esters is 1. The van der Waals surface area contributed by atoms with Crippen LogP contribution in [0.4, 0.5) is 0 Å². The molecule has 4 rings (SSSR count). The van der Waals surface area contributed by atoms with Crippen LogP contribution < -0.4 is 11.2 Å². The first-order chi connectivity index (χ1) is 20.3. The minimum absolute atomic E-state index is 0.0745. The number of aliphatic hydroxyl groups excluding tert-OH is 1. The number of hydrogen-bond donors (Lipinski definition) is 1. The third-order valence-corrected chi connectivity index (χ3v) is 9.29. The number of hydrogen-bond acceptors (Lipinski definition) is 10. The molecule has 4 aromatic rings. The fourth-order valence-corrected chi connectivity index (χ4v) is 6.66. The van der Waals surface area contributed by atoms with Gasteiger partial charge in [0, 0.05) is 12.4 Å². The average Bonchev–Trinajstić information content (AvgIpc) is 3.59. The number of carbonyl (C=O) groups is 1. The number of thioether (sulfide) groups is 1. The fourth-order valence-electron chi connectivity index (χ4n) is 4.55. The summed E-state index contributed by atoms with van der Waals surface area (Å²) in [5, 5.41) is 9.69. The lowest BCUT2D eigenvalue weighted by Gasteiger charge is -2.30. The molecule has 0 spiro atoms. The Morgan fingerprint density at radius 2 is 1.86 bits per heavy atom. The minimum Gasteiger partial charge on any atom is -0.458 e. The molecule has 10 nitrogen and oxygen atoms in total. The Kier molecular flexibility index (Phi) is 10.1. The molecule has 0 bridgehead atoms. The minimum atomic E-state index is -1.62. The van der Waals surface area contributed by atoms with Crippen LogP contribution in [0.2, 0.25) is 0 Å². The number of fused-ring (bicyclic) bond motifs is 1. The fraction of sp³-hybridized carbons (Fsp3) is 0.484. The number of oxazole rings is 1. The predicted octanol–water partition coefficient (Wildman–Crippen LogP) is 5.34. The Balaban J connectivity index is 1.90. The van der Waals surface area contributed by atoms with Crippen molar-refractivity contribution in [1.82, 2.24) is 14.1 Å². The smallest absolute Gasteiger partial charge is 0.333 e. The summed E-state index contributed by atoms with van der Waals surface area (Å²) in [6.07, 6.45) is 2.41. The molecule has 2 atom stereocenters. The average molecular weight is 630 g/mol. The van der Waals surface area contributed by atoms with E-state index in [1.54, 1.807) is 39.5 Å². The van der Waals surface area contributed by atoms with Gasteiger partial charge >= 0.3 is 11.7 Å². The van der Waals surface area contributed by atoms with Crippen molar-refractivity contribution in [3.8, 4) is 10.8 Å². The van der Waals surface area contributed by atoms with Crippen LogP contribution >= 0.6 is 23.1 Å². The molecule has 0 aliphatic rings. The summed E-state index contributed by atoms with van der Waals surface area (Å²) < 4.78 is 20.0. The lowest BCUT2D eigenvalue weighted by molar-refractivity contribution is -0.164.